The van der Waals surface area contributed by atoms with Gasteiger partial charge in [0.05, 0.1) is 17.7 Å². The zero-order valence-electron chi connectivity index (χ0n) is 9.80. The highest BCUT2D eigenvalue weighted by Crippen LogP contribution is 2.20. The Labute approximate surface area is 105 Å². The molecule has 0 bridgehead atoms. The van der Waals surface area contributed by atoms with Gasteiger partial charge in [-0.1, -0.05) is 12.1 Å². The maximum atomic E-state index is 11.0. The molecule has 0 aliphatic rings. The number of nitrogens with zero attached hydrogens (tertiary/aromatic N) is 1. The number of carboxylic acids is 1. The number of pyridine rings is 1. The van der Waals surface area contributed by atoms with E-state index in [0.29, 0.717) is 23.4 Å². The summed E-state index contributed by atoms with van der Waals surface area (Å²) in [7, 11) is 0. The SMILES string of the molecule is C=CCCOc1ccc2c(C(=O)O)cccc2n1. The number of aromatic nitrogens is 1. The third-order valence-corrected chi connectivity index (χ3v) is 2.51. The van der Waals surface area contributed by atoms with Gasteiger partial charge < -0.3 is 9.84 Å². The maximum Gasteiger partial charge on any atom is 0.336 e. The first-order chi connectivity index (χ1) is 8.72. The molecule has 0 atom stereocenters. The Kier molecular flexibility index (Phi) is 3.57. The molecule has 1 heterocycles. The Morgan fingerprint density at radius 2 is 2.22 bits per heavy atom. The largest absolute Gasteiger partial charge is 0.478 e. The third-order valence-electron chi connectivity index (χ3n) is 2.51. The van der Waals surface area contributed by atoms with Crippen molar-refractivity contribution in [1.82, 2.24) is 4.98 Å². The van der Waals surface area contributed by atoms with E-state index >= 15 is 0 Å². The van der Waals surface area contributed by atoms with Crippen LogP contribution in [0.4, 0.5) is 0 Å². The molecule has 0 aliphatic heterocycles. The first-order valence-corrected chi connectivity index (χ1v) is 5.59. The highest BCUT2D eigenvalue weighted by molar-refractivity contribution is 6.02. The number of carboxylic acid groups (broad SMARTS) is 1. The second-order valence-corrected chi connectivity index (χ2v) is 3.75. The highest BCUT2D eigenvalue weighted by Gasteiger charge is 2.09. The van der Waals surface area contributed by atoms with Gasteiger partial charge in [-0.05, 0) is 24.6 Å². The number of rotatable bonds is 5. The highest BCUT2D eigenvalue weighted by atomic mass is 16.5. The van der Waals surface area contributed by atoms with Crippen molar-refractivity contribution in [3.63, 3.8) is 0 Å². The summed E-state index contributed by atoms with van der Waals surface area (Å²) in [6.45, 7) is 4.12. The summed E-state index contributed by atoms with van der Waals surface area (Å²) in [6, 6.07) is 8.39. The zero-order chi connectivity index (χ0) is 13.0. The molecule has 4 nitrogen and oxygen atoms in total. The zero-order valence-corrected chi connectivity index (χ0v) is 9.80. The van der Waals surface area contributed by atoms with E-state index in [4.69, 9.17) is 9.84 Å². The fourth-order valence-electron chi connectivity index (χ4n) is 1.65. The number of fused-ring (bicyclic) bond motifs is 1. The summed E-state index contributed by atoms with van der Waals surface area (Å²) in [5, 5.41) is 9.67. The van der Waals surface area contributed by atoms with E-state index in [1.807, 2.05) is 0 Å². The normalized spacial score (nSPS) is 10.2. The predicted octanol–water partition coefficient (Wildman–Crippen LogP) is 2.89. The van der Waals surface area contributed by atoms with Gasteiger partial charge in [0.1, 0.15) is 0 Å². The molecule has 1 N–H and O–H groups in total. The lowest BCUT2D eigenvalue weighted by atomic mass is 10.1. The number of aromatic carboxylic acids is 1. The predicted molar refractivity (Wildman–Crippen MR) is 69.0 cm³/mol. The summed E-state index contributed by atoms with van der Waals surface area (Å²) in [5.41, 5.74) is 0.864. The van der Waals surface area contributed by atoms with Gasteiger partial charge in [0.2, 0.25) is 5.88 Å². The average molecular weight is 243 g/mol. The van der Waals surface area contributed by atoms with Crippen molar-refractivity contribution in [3.8, 4) is 5.88 Å². The van der Waals surface area contributed by atoms with E-state index in [-0.39, 0.29) is 5.56 Å². The van der Waals surface area contributed by atoms with Crippen LogP contribution in [0.3, 0.4) is 0 Å². The number of carbonyl (C=O) groups is 1. The number of ether oxygens (including phenoxy) is 1. The van der Waals surface area contributed by atoms with E-state index in [1.54, 1.807) is 36.4 Å². The summed E-state index contributed by atoms with van der Waals surface area (Å²) >= 11 is 0. The molecule has 0 saturated carbocycles. The van der Waals surface area contributed by atoms with Crippen molar-refractivity contribution in [2.45, 2.75) is 6.42 Å². The molecule has 1 aromatic carbocycles. The van der Waals surface area contributed by atoms with Gasteiger partial charge in [-0.2, -0.15) is 0 Å². The number of benzene rings is 1. The van der Waals surface area contributed by atoms with Crippen LogP contribution in [0.25, 0.3) is 10.9 Å². The molecular weight excluding hydrogens is 230 g/mol. The molecular formula is C14H13NO3. The van der Waals surface area contributed by atoms with E-state index in [9.17, 15) is 4.79 Å². The summed E-state index contributed by atoms with van der Waals surface area (Å²) in [4.78, 5) is 15.3. The standard InChI is InChI=1S/C14H13NO3/c1-2-3-9-18-13-8-7-10-11(14(16)17)5-4-6-12(10)15-13/h2,4-8H,1,3,9H2,(H,16,17). The smallest absolute Gasteiger partial charge is 0.336 e. The quantitative estimate of drug-likeness (QED) is 0.648. The van der Waals surface area contributed by atoms with Crippen LogP contribution in [0.5, 0.6) is 5.88 Å². The minimum absolute atomic E-state index is 0.248. The summed E-state index contributed by atoms with van der Waals surface area (Å²) < 4.78 is 5.43. The van der Waals surface area contributed by atoms with Crippen molar-refractivity contribution in [2.24, 2.45) is 0 Å². The molecule has 0 spiro atoms. The molecule has 92 valence electrons. The minimum atomic E-state index is -0.956. The number of hydrogen-bond acceptors (Lipinski definition) is 3. The van der Waals surface area contributed by atoms with Crippen LogP contribution in [0, 0.1) is 0 Å². The molecule has 0 saturated heterocycles. The molecule has 2 aromatic rings. The van der Waals surface area contributed by atoms with Crippen LogP contribution < -0.4 is 4.74 Å². The third kappa shape index (κ3) is 2.48. The van der Waals surface area contributed by atoms with Gasteiger partial charge in [0.15, 0.2) is 0 Å². The Balaban J connectivity index is 2.34. The van der Waals surface area contributed by atoms with Crippen molar-refractivity contribution in [1.29, 1.82) is 0 Å². The van der Waals surface area contributed by atoms with Crippen molar-refractivity contribution >= 4 is 16.9 Å². The topological polar surface area (TPSA) is 59.4 Å². The van der Waals surface area contributed by atoms with E-state index in [0.717, 1.165) is 6.42 Å². The van der Waals surface area contributed by atoms with Crippen molar-refractivity contribution < 1.29 is 14.6 Å². The van der Waals surface area contributed by atoms with Crippen LogP contribution in [0.2, 0.25) is 0 Å². The second kappa shape index (κ2) is 5.31. The van der Waals surface area contributed by atoms with E-state index in [1.165, 1.54) is 0 Å². The van der Waals surface area contributed by atoms with Gasteiger partial charge in [0.25, 0.3) is 0 Å². The van der Waals surface area contributed by atoms with Crippen LogP contribution in [0.1, 0.15) is 16.8 Å². The monoisotopic (exact) mass is 243 g/mol. The summed E-state index contributed by atoms with van der Waals surface area (Å²) in [5.74, 6) is -0.463. The molecule has 2 rings (SSSR count). The van der Waals surface area contributed by atoms with Crippen LogP contribution >= 0.6 is 0 Å². The number of hydrogen-bond donors (Lipinski definition) is 1. The Bertz CT molecular complexity index is 593. The van der Waals surface area contributed by atoms with E-state index < -0.39 is 5.97 Å². The lowest BCUT2D eigenvalue weighted by Crippen LogP contribution is -2.00. The lowest BCUT2D eigenvalue weighted by molar-refractivity contribution is 0.0699. The van der Waals surface area contributed by atoms with E-state index in [2.05, 4.69) is 11.6 Å². The van der Waals surface area contributed by atoms with Crippen molar-refractivity contribution in [3.05, 3.63) is 48.6 Å². The minimum Gasteiger partial charge on any atom is -0.478 e. The molecule has 18 heavy (non-hydrogen) atoms. The summed E-state index contributed by atoms with van der Waals surface area (Å²) in [6.07, 6.45) is 2.51. The molecule has 0 fully saturated rings. The van der Waals surface area contributed by atoms with Gasteiger partial charge in [-0.15, -0.1) is 6.58 Å². The van der Waals surface area contributed by atoms with Crippen LogP contribution in [0.15, 0.2) is 43.0 Å². The Morgan fingerprint density at radius 3 is 2.94 bits per heavy atom. The molecule has 4 heteroatoms. The molecule has 0 amide bonds. The Hall–Kier alpha value is -2.36. The van der Waals surface area contributed by atoms with Gasteiger partial charge >= 0.3 is 5.97 Å². The van der Waals surface area contributed by atoms with Crippen LogP contribution in [-0.2, 0) is 0 Å². The van der Waals surface area contributed by atoms with Crippen LogP contribution in [-0.4, -0.2) is 22.7 Å². The first-order valence-electron chi connectivity index (χ1n) is 5.59. The van der Waals surface area contributed by atoms with Gasteiger partial charge in [-0.25, -0.2) is 9.78 Å². The molecule has 0 aliphatic carbocycles. The maximum absolute atomic E-state index is 11.0. The second-order valence-electron chi connectivity index (χ2n) is 3.75. The fourth-order valence-corrected chi connectivity index (χ4v) is 1.65. The van der Waals surface area contributed by atoms with Gasteiger partial charge in [0, 0.05) is 11.5 Å². The molecule has 0 radical (unpaired) electrons. The molecule has 1 aromatic heterocycles. The first kappa shape index (κ1) is 12.1. The Morgan fingerprint density at radius 1 is 1.39 bits per heavy atom. The molecule has 0 unspecified atom stereocenters. The van der Waals surface area contributed by atoms with Gasteiger partial charge in [-0.3, -0.25) is 0 Å². The lowest BCUT2D eigenvalue weighted by Gasteiger charge is -2.06. The van der Waals surface area contributed by atoms with Crippen molar-refractivity contribution in [2.75, 3.05) is 6.61 Å². The average Bonchev–Trinajstić information content (AvgIpc) is 2.38. The fraction of sp³-hybridized carbons (Fsp3) is 0.143.